The molecule has 1 aromatic rings. The molecular weight excluding hydrogens is 287 g/mol. The van der Waals surface area contributed by atoms with Gasteiger partial charge >= 0.3 is 6.18 Å². The van der Waals surface area contributed by atoms with E-state index in [4.69, 9.17) is 0 Å². The van der Waals surface area contributed by atoms with Gasteiger partial charge in [-0.1, -0.05) is 25.5 Å². The van der Waals surface area contributed by atoms with E-state index in [1.54, 1.807) is 0 Å². The van der Waals surface area contributed by atoms with Gasteiger partial charge in [-0.15, -0.1) is 12.4 Å². The molecule has 1 N–H and O–H groups in total. The minimum Gasteiger partial charge on any atom is -0.307 e. The molecule has 1 aliphatic rings. The molecule has 20 heavy (non-hydrogen) atoms. The number of benzene rings is 1. The maximum Gasteiger partial charge on any atom is 0.416 e. The second kappa shape index (κ2) is 6.81. The Bertz CT molecular complexity index is 427. The van der Waals surface area contributed by atoms with Gasteiger partial charge in [-0.2, -0.15) is 13.2 Å². The number of nitrogens with one attached hydrogen (secondary N) is 1. The van der Waals surface area contributed by atoms with E-state index in [1.165, 1.54) is 12.1 Å². The van der Waals surface area contributed by atoms with Gasteiger partial charge in [-0.05, 0) is 49.9 Å². The molecule has 1 aromatic carbocycles. The van der Waals surface area contributed by atoms with Crippen molar-refractivity contribution < 1.29 is 13.2 Å². The van der Waals surface area contributed by atoms with Crippen molar-refractivity contribution in [1.82, 2.24) is 5.32 Å². The van der Waals surface area contributed by atoms with Crippen LogP contribution in [0.25, 0.3) is 0 Å². The quantitative estimate of drug-likeness (QED) is 0.763. The summed E-state index contributed by atoms with van der Waals surface area (Å²) in [5.41, 5.74) is 0.00872. The van der Waals surface area contributed by atoms with Gasteiger partial charge < -0.3 is 5.32 Å². The van der Waals surface area contributed by atoms with Gasteiger partial charge in [0.2, 0.25) is 0 Å². The molecule has 2 rings (SSSR count). The number of unbranched alkanes of at least 4 members (excludes halogenated alkanes) is 1. The van der Waals surface area contributed by atoms with Crippen molar-refractivity contribution in [2.45, 2.75) is 50.7 Å². The summed E-state index contributed by atoms with van der Waals surface area (Å²) in [6.45, 7) is 2.98. The molecule has 0 unspecified atom stereocenters. The van der Waals surface area contributed by atoms with Crippen LogP contribution in [0.2, 0.25) is 0 Å². The first-order valence-corrected chi connectivity index (χ1v) is 6.91. The molecule has 1 fully saturated rings. The van der Waals surface area contributed by atoms with E-state index in [2.05, 4.69) is 12.2 Å². The molecule has 1 saturated carbocycles. The number of rotatable bonds is 5. The molecule has 0 spiro atoms. The highest BCUT2D eigenvalue weighted by Gasteiger charge is 2.39. The van der Waals surface area contributed by atoms with Crippen LogP contribution in [0.5, 0.6) is 0 Å². The van der Waals surface area contributed by atoms with Crippen LogP contribution in [0.1, 0.15) is 50.2 Å². The molecule has 114 valence electrons. The number of hydrogen-bond acceptors (Lipinski definition) is 1. The lowest BCUT2D eigenvalue weighted by Gasteiger charge is -2.43. The van der Waals surface area contributed by atoms with Crippen LogP contribution in [0, 0.1) is 0 Å². The van der Waals surface area contributed by atoms with Crippen molar-refractivity contribution in [3.8, 4) is 0 Å². The second-order valence-corrected chi connectivity index (χ2v) is 5.29. The maximum absolute atomic E-state index is 12.8. The molecule has 0 aliphatic heterocycles. The van der Waals surface area contributed by atoms with Crippen LogP contribution in [-0.2, 0) is 11.7 Å². The summed E-state index contributed by atoms with van der Waals surface area (Å²) in [6, 6.07) is 5.77. The smallest absolute Gasteiger partial charge is 0.307 e. The lowest BCUT2D eigenvalue weighted by molar-refractivity contribution is -0.137. The monoisotopic (exact) mass is 307 g/mol. The third-order valence-corrected chi connectivity index (χ3v) is 3.94. The van der Waals surface area contributed by atoms with E-state index >= 15 is 0 Å². The fourth-order valence-corrected chi connectivity index (χ4v) is 2.60. The zero-order chi connectivity index (χ0) is 13.9. The van der Waals surface area contributed by atoms with Crippen molar-refractivity contribution in [3.63, 3.8) is 0 Å². The summed E-state index contributed by atoms with van der Waals surface area (Å²) in [7, 11) is 0. The van der Waals surface area contributed by atoms with Crippen LogP contribution in [0.4, 0.5) is 13.2 Å². The highest BCUT2D eigenvalue weighted by Crippen LogP contribution is 2.42. The molecule has 0 aromatic heterocycles. The van der Waals surface area contributed by atoms with Crippen molar-refractivity contribution >= 4 is 12.4 Å². The summed E-state index contributed by atoms with van der Waals surface area (Å²) in [6.07, 6.45) is 0.822. The first kappa shape index (κ1) is 17.3. The third-order valence-electron chi connectivity index (χ3n) is 3.94. The SMILES string of the molecule is CCCCNC1(c2cccc(C(F)(F)F)c2)CCC1.Cl. The van der Waals surface area contributed by atoms with E-state index in [9.17, 15) is 13.2 Å². The Kier molecular flexibility index (Phi) is 5.90. The predicted octanol–water partition coefficient (Wildman–Crippen LogP) is 4.90. The first-order chi connectivity index (χ1) is 8.98. The van der Waals surface area contributed by atoms with Crippen molar-refractivity contribution in [3.05, 3.63) is 35.4 Å². The van der Waals surface area contributed by atoms with E-state index in [-0.39, 0.29) is 17.9 Å². The summed E-state index contributed by atoms with van der Waals surface area (Å²) in [5.74, 6) is 0. The highest BCUT2D eigenvalue weighted by atomic mass is 35.5. The predicted molar refractivity (Wildman–Crippen MR) is 77.1 cm³/mol. The molecule has 0 bridgehead atoms. The minimum absolute atomic E-state index is 0. The van der Waals surface area contributed by atoms with Gasteiger partial charge in [0.05, 0.1) is 5.56 Å². The molecule has 0 atom stereocenters. The van der Waals surface area contributed by atoms with Crippen LogP contribution in [-0.4, -0.2) is 6.54 Å². The maximum atomic E-state index is 12.8. The van der Waals surface area contributed by atoms with Crippen molar-refractivity contribution in [2.24, 2.45) is 0 Å². The third kappa shape index (κ3) is 3.67. The molecule has 0 amide bonds. The lowest BCUT2D eigenvalue weighted by Crippen LogP contribution is -2.48. The molecule has 0 heterocycles. The molecule has 1 aliphatic carbocycles. The first-order valence-electron chi connectivity index (χ1n) is 6.91. The van der Waals surface area contributed by atoms with Gasteiger partial charge in [0, 0.05) is 5.54 Å². The zero-order valence-corrected chi connectivity index (χ0v) is 12.4. The molecular formula is C15H21ClF3N. The lowest BCUT2D eigenvalue weighted by atomic mass is 9.71. The largest absolute Gasteiger partial charge is 0.416 e. The standard InChI is InChI=1S/C15H20F3N.ClH/c1-2-3-10-19-14(8-5-9-14)12-6-4-7-13(11-12)15(16,17)18;/h4,6-7,11,19H,2-3,5,8-10H2,1H3;1H. The van der Waals surface area contributed by atoms with Crippen LogP contribution in [0.3, 0.4) is 0 Å². The van der Waals surface area contributed by atoms with E-state index < -0.39 is 11.7 Å². The Morgan fingerprint density at radius 3 is 2.45 bits per heavy atom. The zero-order valence-electron chi connectivity index (χ0n) is 11.6. The number of hydrogen-bond donors (Lipinski definition) is 1. The molecule has 0 saturated heterocycles. The second-order valence-electron chi connectivity index (χ2n) is 5.29. The van der Waals surface area contributed by atoms with E-state index in [0.717, 1.165) is 50.3 Å². The Morgan fingerprint density at radius 2 is 1.95 bits per heavy atom. The topological polar surface area (TPSA) is 12.0 Å². The Morgan fingerprint density at radius 1 is 1.25 bits per heavy atom. The van der Waals surface area contributed by atoms with Gasteiger partial charge in [-0.25, -0.2) is 0 Å². The Balaban J connectivity index is 0.00000200. The van der Waals surface area contributed by atoms with Gasteiger partial charge in [0.15, 0.2) is 0 Å². The highest BCUT2D eigenvalue weighted by molar-refractivity contribution is 5.85. The van der Waals surface area contributed by atoms with Crippen LogP contribution < -0.4 is 5.32 Å². The molecule has 5 heteroatoms. The summed E-state index contributed by atoms with van der Waals surface area (Å²) < 4.78 is 38.3. The van der Waals surface area contributed by atoms with Gasteiger partial charge in [-0.3, -0.25) is 0 Å². The van der Waals surface area contributed by atoms with Crippen LogP contribution >= 0.6 is 12.4 Å². The summed E-state index contributed by atoms with van der Waals surface area (Å²) in [4.78, 5) is 0. The number of alkyl halides is 3. The van der Waals surface area contributed by atoms with Crippen molar-refractivity contribution in [1.29, 1.82) is 0 Å². The minimum atomic E-state index is -4.26. The average Bonchev–Trinajstić information content (AvgIpc) is 2.32. The van der Waals surface area contributed by atoms with Gasteiger partial charge in [0.25, 0.3) is 0 Å². The van der Waals surface area contributed by atoms with Crippen molar-refractivity contribution in [2.75, 3.05) is 6.54 Å². The van der Waals surface area contributed by atoms with Gasteiger partial charge in [0.1, 0.15) is 0 Å². The fraction of sp³-hybridized carbons (Fsp3) is 0.600. The summed E-state index contributed by atoms with van der Waals surface area (Å²) >= 11 is 0. The molecule has 1 nitrogen and oxygen atoms in total. The normalized spacial score (nSPS) is 17.2. The summed E-state index contributed by atoms with van der Waals surface area (Å²) in [5, 5.41) is 3.46. The van der Waals surface area contributed by atoms with E-state index in [0.29, 0.717) is 0 Å². The Labute approximate surface area is 124 Å². The Hall–Kier alpha value is -0.740. The fourth-order valence-electron chi connectivity index (χ4n) is 2.60. The van der Waals surface area contributed by atoms with Crippen LogP contribution in [0.15, 0.2) is 24.3 Å². The van der Waals surface area contributed by atoms with E-state index in [1.807, 2.05) is 6.07 Å². The number of halogens is 4. The average molecular weight is 308 g/mol. The molecule has 0 radical (unpaired) electrons.